The number of ether oxygens (including phenoxy) is 1. The standard InChI is InChI=1S/C23H31N5O6/c1-28-10-11-34-18-5-3-2-4-15(18)21(31)27-17(22(32)25-13-14-6-7-14)12-20(30)26-16(23(28)33)8-9-19(24)29/h2-5,14,16-17H,6-13H2,1H3,(H2,24,29)(H,25,32)(H,26,30)(H,27,31)/t16-,17-/m0/s1. The van der Waals surface area contributed by atoms with Crippen LogP contribution in [-0.2, 0) is 19.2 Å². The lowest BCUT2D eigenvalue weighted by Gasteiger charge is -2.26. The van der Waals surface area contributed by atoms with Gasteiger partial charge in [-0.1, -0.05) is 12.1 Å². The Morgan fingerprint density at radius 2 is 1.91 bits per heavy atom. The highest BCUT2D eigenvalue weighted by Crippen LogP contribution is 2.27. The van der Waals surface area contributed by atoms with E-state index >= 15 is 0 Å². The highest BCUT2D eigenvalue weighted by atomic mass is 16.5. The predicted molar refractivity (Wildman–Crippen MR) is 122 cm³/mol. The number of hydrogen-bond acceptors (Lipinski definition) is 6. The van der Waals surface area contributed by atoms with E-state index in [1.54, 1.807) is 31.3 Å². The van der Waals surface area contributed by atoms with Crippen LogP contribution in [0.3, 0.4) is 0 Å². The van der Waals surface area contributed by atoms with Crippen LogP contribution in [-0.4, -0.2) is 73.3 Å². The van der Waals surface area contributed by atoms with Crippen molar-refractivity contribution in [3.63, 3.8) is 0 Å². The summed E-state index contributed by atoms with van der Waals surface area (Å²) < 4.78 is 5.74. The van der Waals surface area contributed by atoms with Gasteiger partial charge in [-0.15, -0.1) is 0 Å². The summed E-state index contributed by atoms with van der Waals surface area (Å²) in [4.78, 5) is 64.2. The number of carbonyl (C=O) groups excluding carboxylic acids is 5. The number of nitrogens with two attached hydrogens (primary N) is 1. The van der Waals surface area contributed by atoms with E-state index in [0.717, 1.165) is 12.8 Å². The Balaban J connectivity index is 1.85. The van der Waals surface area contributed by atoms with Crippen LogP contribution in [0.4, 0.5) is 0 Å². The molecule has 0 unspecified atom stereocenters. The minimum Gasteiger partial charge on any atom is -0.491 e. The number of likely N-dealkylation sites (N-methyl/N-ethyl adjacent to an activating group) is 1. The molecule has 1 saturated carbocycles. The number of carbonyl (C=O) groups is 5. The Hall–Kier alpha value is -3.63. The lowest BCUT2D eigenvalue weighted by molar-refractivity contribution is -0.136. The molecular weight excluding hydrogens is 442 g/mol. The number of rotatable bonds is 6. The Morgan fingerprint density at radius 3 is 2.62 bits per heavy atom. The third-order valence-corrected chi connectivity index (χ3v) is 5.78. The van der Waals surface area contributed by atoms with E-state index in [1.807, 2.05) is 0 Å². The topological polar surface area (TPSA) is 160 Å². The maximum atomic E-state index is 13.0. The molecular formula is C23H31N5O6. The Labute approximate surface area is 197 Å². The van der Waals surface area contributed by atoms with Gasteiger partial charge in [0.25, 0.3) is 5.91 Å². The molecule has 1 aromatic carbocycles. The molecule has 2 atom stereocenters. The van der Waals surface area contributed by atoms with E-state index in [1.165, 1.54) is 4.90 Å². The third-order valence-electron chi connectivity index (χ3n) is 5.78. The summed E-state index contributed by atoms with van der Waals surface area (Å²) in [7, 11) is 1.55. The highest BCUT2D eigenvalue weighted by Gasteiger charge is 2.31. The zero-order chi connectivity index (χ0) is 24.7. The molecule has 5 amide bonds. The Kier molecular flexibility index (Phi) is 8.44. The van der Waals surface area contributed by atoms with Gasteiger partial charge in [0.05, 0.1) is 18.5 Å². The maximum absolute atomic E-state index is 13.0. The second-order valence-corrected chi connectivity index (χ2v) is 8.65. The van der Waals surface area contributed by atoms with E-state index in [-0.39, 0.29) is 38.0 Å². The average Bonchev–Trinajstić information content (AvgIpc) is 3.63. The first-order valence-corrected chi connectivity index (χ1v) is 11.4. The number of amides is 5. The Morgan fingerprint density at radius 1 is 1.18 bits per heavy atom. The lowest BCUT2D eigenvalue weighted by atomic mass is 10.1. The van der Waals surface area contributed by atoms with Crippen LogP contribution >= 0.6 is 0 Å². The minimum absolute atomic E-state index is 0.0127. The van der Waals surface area contributed by atoms with Crippen molar-refractivity contribution in [3.8, 4) is 5.75 Å². The zero-order valence-electron chi connectivity index (χ0n) is 19.2. The van der Waals surface area contributed by atoms with Crippen molar-refractivity contribution in [2.24, 2.45) is 11.7 Å². The quantitative estimate of drug-likeness (QED) is 0.427. The van der Waals surface area contributed by atoms with Crippen molar-refractivity contribution in [1.29, 1.82) is 0 Å². The number of nitrogens with zero attached hydrogens (tertiary/aromatic N) is 1. The number of benzene rings is 1. The molecule has 3 rings (SSSR count). The van der Waals surface area contributed by atoms with E-state index < -0.39 is 41.6 Å². The summed E-state index contributed by atoms with van der Waals surface area (Å²) in [5.74, 6) is -1.96. The van der Waals surface area contributed by atoms with Gasteiger partial charge in [0.15, 0.2) is 0 Å². The van der Waals surface area contributed by atoms with E-state index in [9.17, 15) is 24.0 Å². The first kappa shape index (κ1) is 25.0. The molecule has 5 N–H and O–H groups in total. The molecule has 184 valence electrons. The van der Waals surface area contributed by atoms with Gasteiger partial charge >= 0.3 is 0 Å². The molecule has 0 spiro atoms. The third kappa shape index (κ3) is 7.19. The highest BCUT2D eigenvalue weighted by molar-refractivity contribution is 6.01. The normalized spacial score (nSPS) is 21.9. The van der Waals surface area contributed by atoms with Gasteiger partial charge < -0.3 is 31.3 Å². The minimum atomic E-state index is -1.16. The largest absolute Gasteiger partial charge is 0.491 e. The SMILES string of the molecule is CN1CCOc2ccccc2C(=O)N[C@H](C(=O)NCC2CC2)CC(=O)N[C@@H](CCC(N)=O)C1=O. The van der Waals surface area contributed by atoms with E-state index in [2.05, 4.69) is 16.0 Å². The number of primary amides is 1. The van der Waals surface area contributed by atoms with Crippen molar-refractivity contribution in [2.75, 3.05) is 26.7 Å². The van der Waals surface area contributed by atoms with Crippen LogP contribution in [0.5, 0.6) is 5.75 Å². The van der Waals surface area contributed by atoms with Gasteiger partial charge in [-0.25, -0.2) is 0 Å². The fourth-order valence-corrected chi connectivity index (χ4v) is 3.57. The van der Waals surface area contributed by atoms with Gasteiger partial charge in [-0.05, 0) is 37.3 Å². The molecule has 0 radical (unpaired) electrons. The van der Waals surface area contributed by atoms with Gasteiger partial charge in [0.2, 0.25) is 23.6 Å². The smallest absolute Gasteiger partial charge is 0.255 e. The fourth-order valence-electron chi connectivity index (χ4n) is 3.57. The summed E-state index contributed by atoms with van der Waals surface area (Å²) >= 11 is 0. The van der Waals surface area contributed by atoms with E-state index in [4.69, 9.17) is 10.5 Å². The molecule has 0 saturated heterocycles. The molecule has 1 aromatic rings. The number of hydrogen-bond donors (Lipinski definition) is 4. The molecule has 1 fully saturated rings. The first-order chi connectivity index (χ1) is 16.2. The first-order valence-electron chi connectivity index (χ1n) is 11.4. The molecule has 2 aliphatic rings. The molecule has 0 bridgehead atoms. The van der Waals surface area contributed by atoms with Crippen molar-refractivity contribution < 1.29 is 28.7 Å². The van der Waals surface area contributed by atoms with Crippen LogP contribution in [0.25, 0.3) is 0 Å². The molecule has 0 aromatic heterocycles. The van der Waals surface area contributed by atoms with E-state index in [0.29, 0.717) is 18.2 Å². The molecule has 1 heterocycles. The maximum Gasteiger partial charge on any atom is 0.255 e. The van der Waals surface area contributed by atoms with Crippen molar-refractivity contribution in [3.05, 3.63) is 29.8 Å². The van der Waals surface area contributed by atoms with Crippen molar-refractivity contribution >= 4 is 29.5 Å². The molecule has 34 heavy (non-hydrogen) atoms. The second kappa shape index (κ2) is 11.5. The number of fused-ring (bicyclic) bond motifs is 1. The zero-order valence-corrected chi connectivity index (χ0v) is 19.2. The fraction of sp³-hybridized carbons (Fsp3) is 0.522. The molecule has 1 aliphatic heterocycles. The predicted octanol–water partition coefficient (Wildman–Crippen LogP) is -0.698. The molecule has 1 aliphatic carbocycles. The molecule has 11 nitrogen and oxygen atoms in total. The average molecular weight is 474 g/mol. The lowest BCUT2D eigenvalue weighted by Crippen LogP contribution is -2.53. The second-order valence-electron chi connectivity index (χ2n) is 8.65. The monoisotopic (exact) mass is 473 g/mol. The van der Waals surface area contributed by atoms with Crippen molar-refractivity contribution in [1.82, 2.24) is 20.9 Å². The van der Waals surface area contributed by atoms with Crippen molar-refractivity contribution in [2.45, 2.75) is 44.2 Å². The number of para-hydroxylation sites is 1. The van der Waals surface area contributed by atoms with Gasteiger partial charge in [-0.2, -0.15) is 0 Å². The van der Waals surface area contributed by atoms with Crippen LogP contribution < -0.4 is 26.4 Å². The summed E-state index contributed by atoms with van der Waals surface area (Å²) in [5, 5.41) is 8.00. The van der Waals surface area contributed by atoms with Crippen LogP contribution in [0.1, 0.15) is 42.5 Å². The summed E-state index contributed by atoms with van der Waals surface area (Å²) in [6.45, 7) is 0.745. The van der Waals surface area contributed by atoms with Crippen LogP contribution in [0, 0.1) is 5.92 Å². The number of nitrogens with one attached hydrogen (secondary N) is 3. The van der Waals surface area contributed by atoms with Gasteiger partial charge in [0.1, 0.15) is 24.4 Å². The molecule has 11 heteroatoms. The van der Waals surface area contributed by atoms with Gasteiger partial charge in [0, 0.05) is 20.0 Å². The van der Waals surface area contributed by atoms with Crippen LogP contribution in [0.15, 0.2) is 24.3 Å². The van der Waals surface area contributed by atoms with Crippen LogP contribution in [0.2, 0.25) is 0 Å². The summed E-state index contributed by atoms with van der Waals surface area (Å²) in [5.41, 5.74) is 5.44. The van der Waals surface area contributed by atoms with Gasteiger partial charge in [-0.3, -0.25) is 24.0 Å². The summed E-state index contributed by atoms with van der Waals surface area (Å²) in [6, 6.07) is 4.38. The Bertz CT molecular complexity index is 948. The summed E-state index contributed by atoms with van der Waals surface area (Å²) in [6.07, 6.45) is 1.59.